The van der Waals surface area contributed by atoms with Gasteiger partial charge in [0, 0.05) is 25.3 Å². The third-order valence-corrected chi connectivity index (χ3v) is 6.60. The molecule has 1 aliphatic heterocycles. The fraction of sp³-hybridized carbons (Fsp3) is 0.273. The molecular weight excluding hydrogens is 356 g/mol. The minimum absolute atomic E-state index is 0.311. The second-order valence-corrected chi connectivity index (χ2v) is 8.78. The molecule has 0 spiro atoms. The molecule has 1 fully saturated rings. The quantitative estimate of drug-likeness (QED) is 0.704. The van der Waals surface area contributed by atoms with Crippen molar-refractivity contribution in [3.63, 3.8) is 0 Å². The Morgan fingerprint density at radius 2 is 1.56 bits per heavy atom. The number of anilines is 1. The van der Waals surface area contributed by atoms with Crippen LogP contribution in [0.1, 0.15) is 18.4 Å². The highest BCUT2D eigenvalue weighted by molar-refractivity contribution is 7.89. The molecule has 1 N–H and O–H groups in total. The fourth-order valence-corrected chi connectivity index (χ4v) is 4.66. The normalized spacial score (nSPS) is 14.7. The Balaban J connectivity index is 1.38. The van der Waals surface area contributed by atoms with Gasteiger partial charge in [0.2, 0.25) is 10.0 Å². The van der Waals surface area contributed by atoms with Crippen LogP contribution in [0.15, 0.2) is 71.6 Å². The zero-order chi connectivity index (χ0) is 18.7. The fourth-order valence-electron chi connectivity index (χ4n) is 3.60. The van der Waals surface area contributed by atoms with Gasteiger partial charge in [-0.05, 0) is 59.9 Å². The van der Waals surface area contributed by atoms with Gasteiger partial charge >= 0.3 is 0 Å². The van der Waals surface area contributed by atoms with Crippen LogP contribution < -0.4 is 9.62 Å². The van der Waals surface area contributed by atoms with Crippen molar-refractivity contribution in [1.82, 2.24) is 4.72 Å². The number of hydrogen-bond acceptors (Lipinski definition) is 3. The molecule has 1 saturated heterocycles. The first-order valence-corrected chi connectivity index (χ1v) is 10.9. The monoisotopic (exact) mass is 380 g/mol. The summed E-state index contributed by atoms with van der Waals surface area (Å²) in [5.41, 5.74) is 2.40. The minimum atomic E-state index is -3.50. The number of hydrogen-bond donors (Lipinski definition) is 1. The van der Waals surface area contributed by atoms with Crippen LogP contribution >= 0.6 is 0 Å². The van der Waals surface area contributed by atoms with Gasteiger partial charge < -0.3 is 4.90 Å². The van der Waals surface area contributed by atoms with E-state index < -0.39 is 10.0 Å². The molecule has 0 aliphatic carbocycles. The Morgan fingerprint density at radius 1 is 0.852 bits per heavy atom. The zero-order valence-corrected chi connectivity index (χ0v) is 16.1. The highest BCUT2D eigenvalue weighted by Gasteiger charge is 2.14. The molecule has 0 radical (unpaired) electrons. The summed E-state index contributed by atoms with van der Waals surface area (Å²) in [6, 6.07) is 21.5. The SMILES string of the molecule is O=S(=O)(NCCc1ccc(N2CCCC2)cc1)c1ccc2ccccc2c1. The lowest BCUT2D eigenvalue weighted by atomic mass is 10.1. The van der Waals surface area contributed by atoms with E-state index in [1.54, 1.807) is 12.1 Å². The predicted molar refractivity (Wildman–Crippen MR) is 111 cm³/mol. The summed E-state index contributed by atoms with van der Waals surface area (Å²) in [7, 11) is -3.50. The molecule has 4 nitrogen and oxygen atoms in total. The third-order valence-electron chi connectivity index (χ3n) is 5.14. The molecule has 0 saturated carbocycles. The van der Waals surface area contributed by atoms with Gasteiger partial charge in [-0.25, -0.2) is 13.1 Å². The number of rotatable bonds is 6. The lowest BCUT2D eigenvalue weighted by Crippen LogP contribution is -2.26. The van der Waals surface area contributed by atoms with Crippen molar-refractivity contribution < 1.29 is 8.42 Å². The number of nitrogens with zero attached hydrogens (tertiary/aromatic N) is 1. The summed E-state index contributed by atoms with van der Waals surface area (Å²) in [6.07, 6.45) is 3.20. The standard InChI is InChI=1S/C22H24N2O2S/c25-27(26,22-12-9-19-5-1-2-6-20(19)17-22)23-14-13-18-7-10-21(11-8-18)24-15-3-4-16-24/h1-2,5-12,17,23H,3-4,13-16H2. The molecule has 140 valence electrons. The van der Waals surface area contributed by atoms with Crippen molar-refractivity contribution >= 4 is 26.5 Å². The maximum Gasteiger partial charge on any atom is 0.240 e. The van der Waals surface area contributed by atoms with Crippen molar-refractivity contribution in [3.05, 3.63) is 72.3 Å². The van der Waals surface area contributed by atoms with Gasteiger partial charge in [0.25, 0.3) is 0 Å². The van der Waals surface area contributed by atoms with Gasteiger partial charge in [-0.1, -0.05) is 42.5 Å². The first kappa shape index (κ1) is 18.0. The summed E-state index contributed by atoms with van der Waals surface area (Å²) in [6.45, 7) is 2.65. The lowest BCUT2D eigenvalue weighted by molar-refractivity contribution is 0.582. The average Bonchev–Trinajstić information content (AvgIpc) is 3.23. The van der Waals surface area contributed by atoms with Crippen LogP contribution in [0.25, 0.3) is 10.8 Å². The van der Waals surface area contributed by atoms with Gasteiger partial charge in [0.1, 0.15) is 0 Å². The summed E-state index contributed by atoms with van der Waals surface area (Å²) >= 11 is 0. The van der Waals surface area contributed by atoms with E-state index in [2.05, 4.69) is 33.9 Å². The van der Waals surface area contributed by atoms with E-state index in [-0.39, 0.29) is 0 Å². The zero-order valence-electron chi connectivity index (χ0n) is 15.3. The lowest BCUT2D eigenvalue weighted by Gasteiger charge is -2.17. The van der Waals surface area contributed by atoms with Gasteiger partial charge in [-0.3, -0.25) is 0 Å². The predicted octanol–water partition coefficient (Wildman–Crippen LogP) is 3.96. The smallest absolute Gasteiger partial charge is 0.240 e. The van der Waals surface area contributed by atoms with Crippen LogP contribution in [0, 0.1) is 0 Å². The molecule has 27 heavy (non-hydrogen) atoms. The molecule has 1 aliphatic rings. The van der Waals surface area contributed by atoms with Crippen LogP contribution in [-0.4, -0.2) is 28.1 Å². The van der Waals surface area contributed by atoms with E-state index in [4.69, 9.17) is 0 Å². The molecular formula is C22H24N2O2S. The second-order valence-electron chi connectivity index (χ2n) is 7.02. The number of nitrogens with one attached hydrogen (secondary N) is 1. The first-order valence-electron chi connectivity index (χ1n) is 9.44. The second kappa shape index (κ2) is 7.71. The third kappa shape index (κ3) is 4.15. The molecule has 0 unspecified atom stereocenters. The van der Waals surface area contributed by atoms with Crippen LogP contribution in [0.3, 0.4) is 0 Å². The molecule has 3 aromatic rings. The Labute approximate surface area is 160 Å². The van der Waals surface area contributed by atoms with Crippen molar-refractivity contribution in [2.24, 2.45) is 0 Å². The molecule has 1 heterocycles. The summed E-state index contributed by atoms with van der Waals surface area (Å²) in [5.74, 6) is 0. The highest BCUT2D eigenvalue weighted by Crippen LogP contribution is 2.21. The van der Waals surface area contributed by atoms with Crippen molar-refractivity contribution in [2.75, 3.05) is 24.5 Å². The van der Waals surface area contributed by atoms with Gasteiger partial charge in [0.05, 0.1) is 4.90 Å². The first-order chi connectivity index (χ1) is 13.1. The van der Waals surface area contributed by atoms with E-state index in [1.807, 2.05) is 30.3 Å². The molecule has 0 bridgehead atoms. The number of benzene rings is 3. The Morgan fingerprint density at radius 3 is 2.30 bits per heavy atom. The van der Waals surface area contributed by atoms with Crippen LogP contribution in [0.2, 0.25) is 0 Å². The molecule has 0 aromatic heterocycles. The molecule has 3 aromatic carbocycles. The summed E-state index contributed by atoms with van der Waals surface area (Å²) < 4.78 is 27.9. The van der Waals surface area contributed by atoms with Crippen molar-refractivity contribution in [2.45, 2.75) is 24.2 Å². The number of fused-ring (bicyclic) bond motifs is 1. The van der Waals surface area contributed by atoms with E-state index >= 15 is 0 Å². The number of sulfonamides is 1. The summed E-state index contributed by atoms with van der Waals surface area (Å²) in [5, 5.41) is 1.97. The van der Waals surface area contributed by atoms with Gasteiger partial charge in [-0.15, -0.1) is 0 Å². The largest absolute Gasteiger partial charge is 0.372 e. The van der Waals surface area contributed by atoms with Gasteiger partial charge in [-0.2, -0.15) is 0 Å². The molecule has 5 heteroatoms. The van der Waals surface area contributed by atoms with Crippen LogP contribution in [-0.2, 0) is 16.4 Å². The van der Waals surface area contributed by atoms with E-state index in [1.165, 1.54) is 18.5 Å². The minimum Gasteiger partial charge on any atom is -0.372 e. The molecule has 0 amide bonds. The maximum absolute atomic E-state index is 12.6. The van der Waals surface area contributed by atoms with Crippen molar-refractivity contribution in [3.8, 4) is 0 Å². The van der Waals surface area contributed by atoms with E-state index in [0.29, 0.717) is 17.9 Å². The van der Waals surface area contributed by atoms with E-state index in [9.17, 15) is 8.42 Å². The van der Waals surface area contributed by atoms with E-state index in [0.717, 1.165) is 29.4 Å². The Bertz CT molecular complexity index is 1020. The average molecular weight is 381 g/mol. The van der Waals surface area contributed by atoms with Crippen LogP contribution in [0.5, 0.6) is 0 Å². The molecule has 0 atom stereocenters. The van der Waals surface area contributed by atoms with Crippen LogP contribution in [0.4, 0.5) is 5.69 Å². The summed E-state index contributed by atoms with van der Waals surface area (Å²) in [4.78, 5) is 2.71. The Kier molecular flexibility index (Phi) is 5.14. The maximum atomic E-state index is 12.6. The van der Waals surface area contributed by atoms with Gasteiger partial charge in [0.15, 0.2) is 0 Å². The van der Waals surface area contributed by atoms with Crippen molar-refractivity contribution in [1.29, 1.82) is 0 Å². The Hall–Kier alpha value is -2.37. The highest BCUT2D eigenvalue weighted by atomic mass is 32.2. The topological polar surface area (TPSA) is 49.4 Å². The molecule has 4 rings (SSSR count).